The van der Waals surface area contributed by atoms with Gasteiger partial charge >= 0.3 is 0 Å². The minimum Gasteiger partial charge on any atom is -0.350 e. The van der Waals surface area contributed by atoms with Crippen LogP contribution in [0.3, 0.4) is 0 Å². The van der Waals surface area contributed by atoms with Crippen LogP contribution in [-0.4, -0.2) is 41.5 Å². The van der Waals surface area contributed by atoms with Gasteiger partial charge in [0.1, 0.15) is 0 Å². The Hall–Kier alpha value is -2.14. The molecule has 0 bridgehead atoms. The van der Waals surface area contributed by atoms with E-state index in [9.17, 15) is 9.59 Å². The lowest BCUT2D eigenvalue weighted by Crippen LogP contribution is -2.44. The van der Waals surface area contributed by atoms with E-state index in [4.69, 9.17) is 0 Å². The number of aromatic nitrogens is 1. The zero-order chi connectivity index (χ0) is 17.5. The number of carbonyl (C=O) groups excluding carboxylic acids is 1. The van der Waals surface area contributed by atoms with E-state index in [-0.39, 0.29) is 17.5 Å². The predicted molar refractivity (Wildman–Crippen MR) is 97.2 cm³/mol. The Morgan fingerprint density at radius 1 is 1.46 bits per heavy atom. The van der Waals surface area contributed by atoms with Crippen LogP contribution < -0.4 is 10.9 Å². The van der Waals surface area contributed by atoms with Crippen LogP contribution >= 0.6 is 0 Å². The molecule has 130 valence electrons. The third-order valence-electron chi connectivity index (χ3n) is 4.56. The standard InChI is InChI=1S/C19H27N3O2/c1-4-14(2)11-16-7-9-22(10-8-16)15(3)12-21-19(24)17-5-6-18(23)20-13-17/h4-7,13,15H,8-12H2,1-3H3,(H,20,23)(H,21,24)/b14-4+. The molecule has 1 unspecified atom stereocenters. The molecule has 24 heavy (non-hydrogen) atoms. The van der Waals surface area contributed by atoms with Crippen molar-refractivity contribution in [1.82, 2.24) is 15.2 Å². The van der Waals surface area contributed by atoms with Crippen molar-refractivity contribution in [3.63, 3.8) is 0 Å². The van der Waals surface area contributed by atoms with Crippen LogP contribution in [0, 0.1) is 0 Å². The Balaban J connectivity index is 1.81. The molecule has 0 aliphatic carbocycles. The summed E-state index contributed by atoms with van der Waals surface area (Å²) in [5.74, 6) is -0.157. The number of nitrogens with zero attached hydrogens (tertiary/aromatic N) is 1. The van der Waals surface area contributed by atoms with Gasteiger partial charge in [0.15, 0.2) is 0 Å². The fraction of sp³-hybridized carbons (Fsp3) is 0.474. The molecule has 0 radical (unpaired) electrons. The lowest BCUT2D eigenvalue weighted by atomic mass is 9.99. The number of nitrogens with one attached hydrogen (secondary N) is 2. The molecule has 2 heterocycles. The average Bonchev–Trinajstić information content (AvgIpc) is 2.60. The van der Waals surface area contributed by atoms with E-state index in [1.54, 1.807) is 6.07 Å². The number of allylic oxidation sites excluding steroid dienone is 2. The third-order valence-corrected chi connectivity index (χ3v) is 4.56. The molecule has 0 spiro atoms. The number of rotatable bonds is 6. The molecule has 2 rings (SSSR count). The van der Waals surface area contributed by atoms with Crippen molar-refractivity contribution in [2.75, 3.05) is 19.6 Å². The molecular weight excluding hydrogens is 302 g/mol. The summed E-state index contributed by atoms with van der Waals surface area (Å²) in [5.41, 5.74) is 3.19. The van der Waals surface area contributed by atoms with Gasteiger partial charge in [-0.05, 0) is 39.7 Å². The summed E-state index contributed by atoms with van der Waals surface area (Å²) in [6, 6.07) is 3.18. The highest BCUT2D eigenvalue weighted by Crippen LogP contribution is 2.19. The molecule has 0 fully saturated rings. The van der Waals surface area contributed by atoms with E-state index >= 15 is 0 Å². The van der Waals surface area contributed by atoms with Gasteiger partial charge in [-0.3, -0.25) is 14.5 Å². The molecule has 1 amide bonds. The fourth-order valence-electron chi connectivity index (χ4n) is 2.77. The first kappa shape index (κ1) is 18.2. The maximum absolute atomic E-state index is 12.1. The maximum Gasteiger partial charge on any atom is 0.252 e. The summed E-state index contributed by atoms with van der Waals surface area (Å²) < 4.78 is 0. The molecule has 1 aromatic rings. The number of aromatic amines is 1. The topological polar surface area (TPSA) is 65.2 Å². The van der Waals surface area contributed by atoms with Crippen LogP contribution in [0.2, 0.25) is 0 Å². The molecule has 5 nitrogen and oxygen atoms in total. The van der Waals surface area contributed by atoms with Crippen molar-refractivity contribution in [3.05, 3.63) is 57.5 Å². The fourth-order valence-corrected chi connectivity index (χ4v) is 2.77. The molecular formula is C19H27N3O2. The van der Waals surface area contributed by atoms with Gasteiger partial charge in [0.25, 0.3) is 5.91 Å². The minimum absolute atomic E-state index is 0.157. The highest BCUT2D eigenvalue weighted by molar-refractivity contribution is 5.93. The molecule has 5 heteroatoms. The molecule has 2 N–H and O–H groups in total. The van der Waals surface area contributed by atoms with Gasteiger partial charge in [-0.15, -0.1) is 0 Å². The zero-order valence-electron chi connectivity index (χ0n) is 14.8. The quantitative estimate of drug-likeness (QED) is 0.788. The second-order valence-electron chi connectivity index (χ2n) is 6.42. The summed E-state index contributed by atoms with van der Waals surface area (Å²) >= 11 is 0. The Kier molecular flexibility index (Phi) is 6.55. The first-order valence-corrected chi connectivity index (χ1v) is 8.50. The van der Waals surface area contributed by atoms with E-state index < -0.39 is 0 Å². The van der Waals surface area contributed by atoms with E-state index in [0.29, 0.717) is 12.1 Å². The first-order chi connectivity index (χ1) is 11.5. The molecule has 1 aliphatic rings. The second kappa shape index (κ2) is 8.64. The lowest BCUT2D eigenvalue weighted by Gasteiger charge is -2.32. The number of hydrogen-bond donors (Lipinski definition) is 2. The Labute approximate surface area is 143 Å². The summed E-state index contributed by atoms with van der Waals surface area (Å²) in [6.45, 7) is 8.93. The number of H-pyrrole nitrogens is 1. The van der Waals surface area contributed by atoms with Crippen LogP contribution in [0.5, 0.6) is 0 Å². The van der Waals surface area contributed by atoms with Crippen LogP contribution in [0.25, 0.3) is 0 Å². The van der Waals surface area contributed by atoms with Crippen molar-refractivity contribution in [2.45, 2.75) is 39.7 Å². The normalized spacial score (nSPS) is 17.3. The highest BCUT2D eigenvalue weighted by Gasteiger charge is 2.18. The van der Waals surface area contributed by atoms with Gasteiger partial charge in [0, 0.05) is 37.9 Å². The van der Waals surface area contributed by atoms with Crippen LogP contribution in [0.4, 0.5) is 0 Å². The van der Waals surface area contributed by atoms with Crippen LogP contribution in [0.15, 0.2) is 46.4 Å². The van der Waals surface area contributed by atoms with Crippen molar-refractivity contribution in [2.24, 2.45) is 0 Å². The Morgan fingerprint density at radius 2 is 2.25 bits per heavy atom. The van der Waals surface area contributed by atoms with E-state index in [0.717, 1.165) is 25.9 Å². The van der Waals surface area contributed by atoms with Gasteiger partial charge in [-0.1, -0.05) is 23.3 Å². The molecule has 1 atom stereocenters. The van der Waals surface area contributed by atoms with Gasteiger partial charge in [-0.2, -0.15) is 0 Å². The summed E-state index contributed by atoms with van der Waals surface area (Å²) in [4.78, 5) is 28.0. The largest absolute Gasteiger partial charge is 0.350 e. The second-order valence-corrected chi connectivity index (χ2v) is 6.42. The number of pyridine rings is 1. The van der Waals surface area contributed by atoms with Gasteiger partial charge < -0.3 is 10.3 Å². The zero-order valence-corrected chi connectivity index (χ0v) is 14.8. The van der Waals surface area contributed by atoms with E-state index in [2.05, 4.69) is 48.1 Å². The van der Waals surface area contributed by atoms with Crippen molar-refractivity contribution < 1.29 is 4.79 Å². The van der Waals surface area contributed by atoms with Crippen molar-refractivity contribution in [3.8, 4) is 0 Å². The third kappa shape index (κ3) is 5.20. The van der Waals surface area contributed by atoms with Gasteiger partial charge in [-0.25, -0.2) is 0 Å². The van der Waals surface area contributed by atoms with Crippen LogP contribution in [0.1, 0.15) is 44.0 Å². The predicted octanol–water partition coefficient (Wildman–Crippen LogP) is 2.48. The molecule has 1 aromatic heterocycles. The molecule has 0 saturated heterocycles. The minimum atomic E-state index is -0.205. The number of amides is 1. The van der Waals surface area contributed by atoms with Gasteiger partial charge in [0.2, 0.25) is 5.56 Å². The maximum atomic E-state index is 12.1. The average molecular weight is 329 g/mol. The monoisotopic (exact) mass is 329 g/mol. The summed E-state index contributed by atoms with van der Waals surface area (Å²) in [6.07, 6.45) is 8.09. The molecule has 0 aromatic carbocycles. The van der Waals surface area contributed by atoms with Crippen LogP contribution in [-0.2, 0) is 0 Å². The lowest BCUT2D eigenvalue weighted by molar-refractivity contribution is 0.0937. The highest BCUT2D eigenvalue weighted by atomic mass is 16.1. The SMILES string of the molecule is C/C=C(\C)CC1=CCN(C(C)CNC(=O)c2ccc(=O)[nH]c2)CC1. The summed E-state index contributed by atoms with van der Waals surface area (Å²) in [7, 11) is 0. The van der Waals surface area contributed by atoms with E-state index in [1.807, 2.05) is 0 Å². The Bertz CT molecular complexity index is 668. The van der Waals surface area contributed by atoms with Crippen molar-refractivity contribution >= 4 is 5.91 Å². The number of carbonyl (C=O) groups is 1. The molecule has 1 aliphatic heterocycles. The first-order valence-electron chi connectivity index (χ1n) is 8.50. The van der Waals surface area contributed by atoms with Gasteiger partial charge in [0.05, 0.1) is 5.56 Å². The Morgan fingerprint density at radius 3 is 2.83 bits per heavy atom. The smallest absolute Gasteiger partial charge is 0.252 e. The van der Waals surface area contributed by atoms with E-state index in [1.165, 1.54) is 23.4 Å². The summed E-state index contributed by atoms with van der Waals surface area (Å²) in [5, 5.41) is 2.94. The molecule has 0 saturated carbocycles. The number of hydrogen-bond acceptors (Lipinski definition) is 3. The van der Waals surface area contributed by atoms with Crippen molar-refractivity contribution in [1.29, 1.82) is 0 Å².